The van der Waals surface area contributed by atoms with Crippen molar-refractivity contribution >= 4 is 11.1 Å². The highest BCUT2D eigenvalue weighted by Crippen LogP contribution is 2.29. The third kappa shape index (κ3) is 2.27. The van der Waals surface area contributed by atoms with Crippen LogP contribution in [-0.2, 0) is 10.8 Å². The van der Waals surface area contributed by atoms with E-state index in [2.05, 4.69) is 25.8 Å². The molecule has 1 N–H and O–H groups in total. The SMILES string of the molecule is CC(C)(C)c1nc2cc(C(C)(C)CO)ccc2o1. The molecular weight excluding hydrogens is 226 g/mol. The average molecular weight is 247 g/mol. The van der Waals surface area contributed by atoms with Crippen LogP contribution in [0.5, 0.6) is 0 Å². The zero-order valence-electron chi connectivity index (χ0n) is 11.7. The number of aliphatic hydroxyl groups is 1. The fraction of sp³-hybridized carbons (Fsp3) is 0.533. The molecule has 0 saturated heterocycles. The van der Waals surface area contributed by atoms with Crippen LogP contribution in [0.4, 0.5) is 0 Å². The summed E-state index contributed by atoms with van der Waals surface area (Å²) in [5, 5.41) is 9.41. The van der Waals surface area contributed by atoms with E-state index in [4.69, 9.17) is 4.42 Å². The monoisotopic (exact) mass is 247 g/mol. The molecule has 98 valence electrons. The van der Waals surface area contributed by atoms with Crippen LogP contribution in [0.2, 0.25) is 0 Å². The lowest BCUT2D eigenvalue weighted by atomic mass is 9.85. The highest BCUT2D eigenvalue weighted by Gasteiger charge is 2.23. The number of aliphatic hydroxyl groups excluding tert-OH is 1. The first-order chi connectivity index (χ1) is 8.24. The number of nitrogens with zero attached hydrogens (tertiary/aromatic N) is 1. The van der Waals surface area contributed by atoms with E-state index >= 15 is 0 Å². The van der Waals surface area contributed by atoms with Gasteiger partial charge in [0.25, 0.3) is 0 Å². The molecule has 0 amide bonds. The lowest BCUT2D eigenvalue weighted by Gasteiger charge is -2.21. The minimum Gasteiger partial charge on any atom is -0.440 e. The van der Waals surface area contributed by atoms with Crippen LogP contribution in [0.1, 0.15) is 46.1 Å². The van der Waals surface area contributed by atoms with Gasteiger partial charge in [0.2, 0.25) is 5.89 Å². The highest BCUT2D eigenvalue weighted by molar-refractivity contribution is 5.74. The van der Waals surface area contributed by atoms with Crippen LogP contribution in [0.25, 0.3) is 11.1 Å². The van der Waals surface area contributed by atoms with Gasteiger partial charge in [0.15, 0.2) is 5.58 Å². The summed E-state index contributed by atoms with van der Waals surface area (Å²) < 4.78 is 5.76. The molecule has 0 saturated carbocycles. The van der Waals surface area contributed by atoms with Crippen LogP contribution in [0, 0.1) is 0 Å². The third-order valence-electron chi connectivity index (χ3n) is 3.21. The van der Waals surface area contributed by atoms with Crippen molar-refractivity contribution in [2.24, 2.45) is 0 Å². The molecule has 3 heteroatoms. The van der Waals surface area contributed by atoms with Gasteiger partial charge < -0.3 is 9.52 Å². The fourth-order valence-corrected chi connectivity index (χ4v) is 1.76. The second kappa shape index (κ2) is 4.09. The van der Waals surface area contributed by atoms with Crippen molar-refractivity contribution in [1.29, 1.82) is 0 Å². The Morgan fingerprint density at radius 1 is 1.17 bits per heavy atom. The molecule has 1 aromatic carbocycles. The van der Waals surface area contributed by atoms with Gasteiger partial charge >= 0.3 is 0 Å². The fourth-order valence-electron chi connectivity index (χ4n) is 1.76. The van der Waals surface area contributed by atoms with Gasteiger partial charge in [-0.3, -0.25) is 0 Å². The molecule has 0 unspecified atom stereocenters. The molecule has 0 bridgehead atoms. The van der Waals surface area contributed by atoms with E-state index in [1.54, 1.807) is 0 Å². The molecule has 0 spiro atoms. The van der Waals surface area contributed by atoms with Gasteiger partial charge in [-0.1, -0.05) is 40.7 Å². The van der Waals surface area contributed by atoms with Gasteiger partial charge in [-0.25, -0.2) is 4.98 Å². The molecule has 1 aromatic heterocycles. The van der Waals surface area contributed by atoms with Crippen molar-refractivity contribution in [3.63, 3.8) is 0 Å². The molecule has 2 rings (SSSR count). The zero-order chi connectivity index (χ0) is 13.6. The first-order valence-corrected chi connectivity index (χ1v) is 6.26. The Balaban J connectivity index is 2.53. The zero-order valence-corrected chi connectivity index (χ0v) is 11.7. The van der Waals surface area contributed by atoms with Crippen LogP contribution >= 0.6 is 0 Å². The number of rotatable bonds is 2. The molecule has 2 aromatic rings. The van der Waals surface area contributed by atoms with Crippen LogP contribution in [0.15, 0.2) is 22.6 Å². The predicted octanol–water partition coefficient (Wildman–Crippen LogP) is 3.40. The van der Waals surface area contributed by atoms with Gasteiger partial charge in [0.1, 0.15) is 5.52 Å². The normalized spacial score (nSPS) is 13.2. The molecule has 3 nitrogen and oxygen atoms in total. The molecule has 0 aliphatic rings. The summed E-state index contributed by atoms with van der Waals surface area (Å²) in [6.45, 7) is 10.4. The van der Waals surface area contributed by atoms with Gasteiger partial charge in [0.05, 0.1) is 6.61 Å². The maximum Gasteiger partial charge on any atom is 0.200 e. The molecule has 0 fully saturated rings. The second-order valence-electron chi connectivity index (χ2n) is 6.49. The highest BCUT2D eigenvalue weighted by atomic mass is 16.3. The van der Waals surface area contributed by atoms with Gasteiger partial charge in [-0.05, 0) is 17.7 Å². The summed E-state index contributed by atoms with van der Waals surface area (Å²) >= 11 is 0. The average Bonchev–Trinajstić information content (AvgIpc) is 2.71. The number of oxazole rings is 1. The van der Waals surface area contributed by atoms with Gasteiger partial charge in [-0.2, -0.15) is 0 Å². The summed E-state index contributed by atoms with van der Waals surface area (Å²) in [5.41, 5.74) is 2.39. The van der Waals surface area contributed by atoms with Gasteiger partial charge in [0, 0.05) is 10.8 Å². The maximum absolute atomic E-state index is 9.41. The Hall–Kier alpha value is -1.35. The summed E-state index contributed by atoms with van der Waals surface area (Å²) in [6.07, 6.45) is 0. The van der Waals surface area contributed by atoms with E-state index in [1.165, 1.54) is 0 Å². The number of hydrogen-bond donors (Lipinski definition) is 1. The Morgan fingerprint density at radius 3 is 2.39 bits per heavy atom. The van der Waals surface area contributed by atoms with E-state index in [0.29, 0.717) is 0 Å². The smallest absolute Gasteiger partial charge is 0.200 e. The molecular formula is C15H21NO2. The lowest BCUT2D eigenvalue weighted by Crippen LogP contribution is -2.21. The van der Waals surface area contributed by atoms with Crippen LogP contribution < -0.4 is 0 Å². The largest absolute Gasteiger partial charge is 0.440 e. The minimum absolute atomic E-state index is 0.0916. The standard InChI is InChI=1S/C15H21NO2/c1-14(2,3)13-16-11-8-10(15(4,5)9-17)6-7-12(11)18-13/h6-8,17H,9H2,1-5H3. The summed E-state index contributed by atoms with van der Waals surface area (Å²) in [5.74, 6) is 0.747. The first kappa shape index (κ1) is 13.1. The van der Waals surface area contributed by atoms with Crippen LogP contribution in [-0.4, -0.2) is 16.7 Å². The molecule has 0 radical (unpaired) electrons. The third-order valence-corrected chi connectivity index (χ3v) is 3.21. The second-order valence-corrected chi connectivity index (χ2v) is 6.49. The topological polar surface area (TPSA) is 46.3 Å². The molecule has 0 aliphatic carbocycles. The number of benzene rings is 1. The Morgan fingerprint density at radius 2 is 1.83 bits per heavy atom. The van der Waals surface area contributed by atoms with Crippen molar-refractivity contribution in [1.82, 2.24) is 4.98 Å². The summed E-state index contributed by atoms with van der Waals surface area (Å²) in [7, 11) is 0. The van der Waals surface area contributed by atoms with E-state index in [9.17, 15) is 5.11 Å². The molecule has 1 heterocycles. The molecule has 0 atom stereocenters. The van der Waals surface area contributed by atoms with Crippen molar-refractivity contribution in [2.45, 2.75) is 45.4 Å². The predicted molar refractivity (Wildman–Crippen MR) is 72.8 cm³/mol. The molecule has 0 aliphatic heterocycles. The number of aromatic nitrogens is 1. The first-order valence-electron chi connectivity index (χ1n) is 6.26. The summed E-state index contributed by atoms with van der Waals surface area (Å²) in [4.78, 5) is 4.54. The van der Waals surface area contributed by atoms with Crippen molar-refractivity contribution in [3.05, 3.63) is 29.7 Å². The van der Waals surface area contributed by atoms with Crippen molar-refractivity contribution < 1.29 is 9.52 Å². The van der Waals surface area contributed by atoms with Gasteiger partial charge in [-0.15, -0.1) is 0 Å². The van der Waals surface area contributed by atoms with E-state index < -0.39 is 0 Å². The Kier molecular flexibility index (Phi) is 2.98. The van der Waals surface area contributed by atoms with Crippen molar-refractivity contribution in [2.75, 3.05) is 6.61 Å². The quantitative estimate of drug-likeness (QED) is 0.884. The Bertz CT molecular complexity index is 561. The minimum atomic E-state index is -0.255. The van der Waals surface area contributed by atoms with Crippen LogP contribution in [0.3, 0.4) is 0 Å². The van der Waals surface area contributed by atoms with Crippen molar-refractivity contribution in [3.8, 4) is 0 Å². The van der Waals surface area contributed by atoms with E-state index in [0.717, 1.165) is 22.6 Å². The Labute approximate surface area is 108 Å². The number of hydrogen-bond acceptors (Lipinski definition) is 3. The summed E-state index contributed by atoms with van der Waals surface area (Å²) in [6, 6.07) is 5.94. The van der Waals surface area contributed by atoms with E-state index in [1.807, 2.05) is 32.0 Å². The lowest BCUT2D eigenvalue weighted by molar-refractivity contribution is 0.218. The molecule has 18 heavy (non-hydrogen) atoms. The van der Waals surface area contributed by atoms with E-state index in [-0.39, 0.29) is 17.4 Å². The maximum atomic E-state index is 9.41. The number of fused-ring (bicyclic) bond motifs is 1.